The van der Waals surface area contributed by atoms with E-state index in [2.05, 4.69) is 41.3 Å². The van der Waals surface area contributed by atoms with Crippen molar-refractivity contribution in [1.82, 2.24) is 19.9 Å². The van der Waals surface area contributed by atoms with E-state index in [-0.39, 0.29) is 5.91 Å². The molecule has 0 saturated heterocycles. The fraction of sp³-hybridized carbons (Fsp3) is 0.211. The highest BCUT2D eigenvalue weighted by Gasteiger charge is 2.11. The van der Waals surface area contributed by atoms with E-state index in [0.29, 0.717) is 12.3 Å². The molecule has 0 saturated carbocycles. The third-order valence-corrected chi connectivity index (χ3v) is 4.93. The molecule has 1 N–H and O–H groups in total. The van der Waals surface area contributed by atoms with Crippen LogP contribution in [-0.2, 0) is 11.3 Å². The number of nitrogens with one attached hydrogen (secondary N) is 1. The summed E-state index contributed by atoms with van der Waals surface area (Å²) in [5.41, 5.74) is 4.38. The molecule has 3 aromatic rings. The summed E-state index contributed by atoms with van der Waals surface area (Å²) >= 11 is 1.43. The number of imidazole rings is 1. The Morgan fingerprint density at radius 1 is 1.12 bits per heavy atom. The molecule has 0 spiro atoms. The van der Waals surface area contributed by atoms with Gasteiger partial charge < -0.3 is 5.32 Å². The highest BCUT2D eigenvalue weighted by molar-refractivity contribution is 7.99. The van der Waals surface area contributed by atoms with Gasteiger partial charge in [0.05, 0.1) is 23.7 Å². The van der Waals surface area contributed by atoms with Gasteiger partial charge in [0.15, 0.2) is 5.16 Å². The molecule has 0 atom stereocenters. The number of rotatable bonds is 6. The lowest BCUT2D eigenvalue weighted by molar-refractivity contribution is -0.118. The quantitative estimate of drug-likeness (QED) is 0.692. The molecule has 0 aliphatic carbocycles. The molecule has 2 heterocycles. The zero-order valence-corrected chi connectivity index (χ0v) is 15.1. The van der Waals surface area contributed by atoms with E-state index in [1.54, 1.807) is 12.4 Å². The van der Waals surface area contributed by atoms with Gasteiger partial charge >= 0.3 is 0 Å². The van der Waals surface area contributed by atoms with Crippen LogP contribution >= 0.6 is 11.8 Å². The molecule has 1 aromatic carbocycles. The first-order chi connectivity index (χ1) is 12.1. The van der Waals surface area contributed by atoms with Crippen LogP contribution in [0.1, 0.15) is 16.8 Å². The standard InChI is InChI=1S/C19H20N4OS/c1-14-6-5-8-17(15(14)2)23-11-10-21-19(23)25-13-18(24)22-12-16-7-3-4-9-20-16/h3-11H,12-13H2,1-2H3,(H,22,24). The van der Waals surface area contributed by atoms with Crippen molar-refractivity contribution in [2.45, 2.75) is 25.5 Å². The minimum Gasteiger partial charge on any atom is -0.350 e. The van der Waals surface area contributed by atoms with Gasteiger partial charge in [0.2, 0.25) is 5.91 Å². The lowest BCUT2D eigenvalue weighted by atomic mass is 10.1. The minimum atomic E-state index is -0.0360. The van der Waals surface area contributed by atoms with Crippen molar-refractivity contribution in [3.05, 3.63) is 71.8 Å². The fourth-order valence-electron chi connectivity index (χ4n) is 2.45. The number of aromatic nitrogens is 3. The number of nitrogens with zero attached hydrogens (tertiary/aromatic N) is 3. The topological polar surface area (TPSA) is 59.8 Å². The molecule has 0 radical (unpaired) electrons. The van der Waals surface area contributed by atoms with Crippen LogP contribution in [0.4, 0.5) is 0 Å². The molecule has 128 valence electrons. The van der Waals surface area contributed by atoms with Gasteiger partial charge in [-0.3, -0.25) is 14.3 Å². The number of hydrogen-bond donors (Lipinski definition) is 1. The summed E-state index contributed by atoms with van der Waals surface area (Å²) < 4.78 is 2.03. The molecule has 1 amide bonds. The molecule has 0 fully saturated rings. The smallest absolute Gasteiger partial charge is 0.230 e. The van der Waals surface area contributed by atoms with E-state index in [9.17, 15) is 4.79 Å². The van der Waals surface area contributed by atoms with Crippen molar-refractivity contribution >= 4 is 17.7 Å². The van der Waals surface area contributed by atoms with Crippen LogP contribution in [0.5, 0.6) is 0 Å². The van der Waals surface area contributed by atoms with Crippen LogP contribution in [0.3, 0.4) is 0 Å². The van der Waals surface area contributed by atoms with Crippen LogP contribution in [0.2, 0.25) is 0 Å². The fourth-order valence-corrected chi connectivity index (χ4v) is 3.25. The van der Waals surface area contributed by atoms with Crippen molar-refractivity contribution in [2.24, 2.45) is 0 Å². The largest absolute Gasteiger partial charge is 0.350 e. The van der Waals surface area contributed by atoms with Crippen LogP contribution in [0, 0.1) is 13.8 Å². The number of thioether (sulfide) groups is 1. The van der Waals surface area contributed by atoms with E-state index in [1.165, 1.54) is 22.9 Å². The Morgan fingerprint density at radius 2 is 2.00 bits per heavy atom. The first-order valence-corrected chi connectivity index (χ1v) is 9.03. The van der Waals surface area contributed by atoms with Gasteiger partial charge in [-0.05, 0) is 43.2 Å². The summed E-state index contributed by atoms with van der Waals surface area (Å²) in [6.07, 6.45) is 5.41. The third-order valence-electron chi connectivity index (χ3n) is 3.97. The second kappa shape index (κ2) is 7.98. The molecular weight excluding hydrogens is 332 g/mol. The number of amides is 1. The first kappa shape index (κ1) is 17.2. The number of carbonyl (C=O) groups excluding carboxylic acids is 1. The Labute approximate surface area is 151 Å². The first-order valence-electron chi connectivity index (χ1n) is 8.04. The maximum atomic E-state index is 12.1. The summed E-state index contributed by atoms with van der Waals surface area (Å²) in [7, 11) is 0. The van der Waals surface area contributed by atoms with E-state index in [0.717, 1.165) is 16.5 Å². The maximum Gasteiger partial charge on any atom is 0.230 e. The molecule has 3 rings (SSSR count). The van der Waals surface area contributed by atoms with Crippen LogP contribution in [0.25, 0.3) is 5.69 Å². The molecule has 25 heavy (non-hydrogen) atoms. The summed E-state index contributed by atoms with van der Waals surface area (Å²) in [5.74, 6) is 0.278. The summed E-state index contributed by atoms with van der Waals surface area (Å²) in [6, 6.07) is 11.8. The number of aryl methyl sites for hydroxylation is 1. The highest BCUT2D eigenvalue weighted by atomic mass is 32.2. The molecule has 0 bridgehead atoms. The maximum absolute atomic E-state index is 12.1. The molecular formula is C19H20N4OS. The summed E-state index contributed by atoms with van der Waals surface area (Å²) in [5, 5.41) is 3.69. The van der Waals surface area contributed by atoms with Crippen LogP contribution < -0.4 is 5.32 Å². The Balaban J connectivity index is 1.62. The average Bonchev–Trinajstić information content (AvgIpc) is 3.10. The lowest BCUT2D eigenvalue weighted by Gasteiger charge is -2.12. The van der Waals surface area contributed by atoms with Crippen molar-refractivity contribution in [3.63, 3.8) is 0 Å². The monoisotopic (exact) mass is 352 g/mol. The molecule has 0 aliphatic rings. The van der Waals surface area contributed by atoms with E-state index in [4.69, 9.17) is 0 Å². The lowest BCUT2D eigenvalue weighted by Crippen LogP contribution is -2.25. The second-order valence-electron chi connectivity index (χ2n) is 5.69. The van der Waals surface area contributed by atoms with E-state index in [1.807, 2.05) is 35.0 Å². The van der Waals surface area contributed by atoms with Gasteiger partial charge in [-0.15, -0.1) is 0 Å². The predicted molar refractivity (Wildman–Crippen MR) is 99.8 cm³/mol. The van der Waals surface area contributed by atoms with E-state index >= 15 is 0 Å². The van der Waals surface area contributed by atoms with Crippen LogP contribution in [-0.4, -0.2) is 26.2 Å². The third kappa shape index (κ3) is 4.28. The van der Waals surface area contributed by atoms with Gasteiger partial charge in [-0.1, -0.05) is 30.0 Å². The molecule has 0 unspecified atom stereocenters. The van der Waals surface area contributed by atoms with E-state index < -0.39 is 0 Å². The normalized spacial score (nSPS) is 10.6. The Morgan fingerprint density at radius 3 is 2.80 bits per heavy atom. The summed E-state index contributed by atoms with van der Waals surface area (Å²) in [6.45, 7) is 4.62. The molecule has 0 aliphatic heterocycles. The van der Waals surface area contributed by atoms with Crippen molar-refractivity contribution in [1.29, 1.82) is 0 Å². The molecule has 5 nitrogen and oxygen atoms in total. The molecule has 2 aromatic heterocycles. The second-order valence-corrected chi connectivity index (χ2v) is 6.63. The number of benzene rings is 1. The van der Waals surface area contributed by atoms with Gasteiger partial charge in [-0.2, -0.15) is 0 Å². The molecule has 6 heteroatoms. The van der Waals surface area contributed by atoms with Gasteiger partial charge in [0.25, 0.3) is 0 Å². The van der Waals surface area contributed by atoms with Crippen LogP contribution in [0.15, 0.2) is 60.1 Å². The zero-order chi connectivity index (χ0) is 17.6. The SMILES string of the molecule is Cc1cccc(-n2ccnc2SCC(=O)NCc2ccccn2)c1C. The zero-order valence-electron chi connectivity index (χ0n) is 14.3. The summed E-state index contributed by atoms with van der Waals surface area (Å²) in [4.78, 5) is 20.7. The Bertz CT molecular complexity index is 861. The van der Waals surface area contributed by atoms with Gasteiger partial charge in [0.1, 0.15) is 0 Å². The number of hydrogen-bond acceptors (Lipinski definition) is 4. The Kier molecular flexibility index (Phi) is 5.50. The van der Waals surface area contributed by atoms with Gasteiger partial charge in [-0.25, -0.2) is 4.98 Å². The highest BCUT2D eigenvalue weighted by Crippen LogP contribution is 2.24. The van der Waals surface area contributed by atoms with Crippen molar-refractivity contribution in [2.75, 3.05) is 5.75 Å². The van der Waals surface area contributed by atoms with Crippen molar-refractivity contribution < 1.29 is 4.79 Å². The minimum absolute atomic E-state index is 0.0360. The average molecular weight is 352 g/mol. The number of carbonyl (C=O) groups is 1. The predicted octanol–water partition coefficient (Wildman–Crippen LogP) is 3.29. The van der Waals surface area contributed by atoms with Gasteiger partial charge in [0, 0.05) is 18.6 Å². The van der Waals surface area contributed by atoms with Crippen molar-refractivity contribution in [3.8, 4) is 5.69 Å². The number of pyridine rings is 1. The Hall–Kier alpha value is -2.60.